The molecular weight excluding hydrogens is 448 g/mol. The highest BCUT2D eigenvalue weighted by atomic mass is 16.6. The highest BCUT2D eigenvalue weighted by Crippen LogP contribution is 2.49. The maximum absolute atomic E-state index is 12.5. The molecule has 1 saturated carbocycles. The van der Waals surface area contributed by atoms with E-state index in [0.29, 0.717) is 11.8 Å². The zero-order valence-electron chi connectivity index (χ0n) is 20.7. The van der Waals surface area contributed by atoms with Crippen LogP contribution in [0.3, 0.4) is 0 Å². The Morgan fingerprint density at radius 1 is 1.03 bits per heavy atom. The lowest BCUT2D eigenvalue weighted by Gasteiger charge is -2.33. The van der Waals surface area contributed by atoms with E-state index in [2.05, 4.69) is 13.0 Å². The van der Waals surface area contributed by atoms with Gasteiger partial charge >= 0.3 is 17.9 Å². The van der Waals surface area contributed by atoms with Gasteiger partial charge in [0.2, 0.25) is 0 Å². The van der Waals surface area contributed by atoms with Crippen LogP contribution in [0.1, 0.15) is 63.0 Å². The molecule has 1 heterocycles. The Kier molecular flexibility index (Phi) is 8.47. The van der Waals surface area contributed by atoms with Gasteiger partial charge in [-0.3, -0.25) is 0 Å². The number of carbonyl (C=O) groups excluding carboxylic acids is 3. The molecule has 0 radical (unpaired) electrons. The van der Waals surface area contributed by atoms with E-state index in [0.717, 1.165) is 69.1 Å². The van der Waals surface area contributed by atoms with Crippen LogP contribution < -0.4 is 4.74 Å². The lowest BCUT2D eigenvalue weighted by Crippen LogP contribution is -2.29. The summed E-state index contributed by atoms with van der Waals surface area (Å²) in [5.74, 6) is 0.320. The van der Waals surface area contributed by atoms with E-state index in [4.69, 9.17) is 18.9 Å². The fourth-order valence-corrected chi connectivity index (χ4v) is 6.03. The minimum absolute atomic E-state index is 0.117. The number of fused-ring (bicyclic) bond motifs is 4. The Bertz CT molecular complexity index is 953. The first-order chi connectivity index (χ1) is 17.0. The molecule has 5 unspecified atom stereocenters. The van der Waals surface area contributed by atoms with Gasteiger partial charge in [0, 0.05) is 12.2 Å². The van der Waals surface area contributed by atoms with Gasteiger partial charge in [-0.1, -0.05) is 31.9 Å². The van der Waals surface area contributed by atoms with Gasteiger partial charge in [-0.15, -0.1) is 0 Å². The van der Waals surface area contributed by atoms with Gasteiger partial charge in [-0.2, -0.15) is 0 Å². The molecule has 0 N–H and O–H groups in total. The fraction of sp³-hybridized carbons (Fsp3) is 0.607. The monoisotopic (exact) mass is 484 g/mol. The van der Waals surface area contributed by atoms with E-state index < -0.39 is 17.9 Å². The Hall–Kier alpha value is -2.83. The molecule has 4 rings (SSSR count). The van der Waals surface area contributed by atoms with Crippen LogP contribution in [0.4, 0.5) is 0 Å². The molecule has 1 aromatic rings. The largest absolute Gasteiger partial charge is 0.482 e. The van der Waals surface area contributed by atoms with Gasteiger partial charge in [0.15, 0.2) is 6.61 Å². The third-order valence-corrected chi connectivity index (χ3v) is 7.75. The highest BCUT2D eigenvalue weighted by molar-refractivity contribution is 5.91. The molecule has 0 amide bonds. The van der Waals surface area contributed by atoms with Crippen LogP contribution in [0.25, 0.3) is 0 Å². The second-order valence-electron chi connectivity index (χ2n) is 9.93. The average Bonchev–Trinajstić information content (AvgIpc) is 3.17. The van der Waals surface area contributed by atoms with E-state index in [-0.39, 0.29) is 24.7 Å². The third-order valence-electron chi connectivity index (χ3n) is 7.75. The molecule has 0 aromatic heterocycles. The molecule has 2 aliphatic carbocycles. The molecule has 190 valence electrons. The summed E-state index contributed by atoms with van der Waals surface area (Å²) < 4.78 is 22.1. The number of benzene rings is 1. The Morgan fingerprint density at radius 2 is 1.83 bits per heavy atom. The van der Waals surface area contributed by atoms with Gasteiger partial charge in [-0.05, 0) is 79.9 Å². The molecule has 1 aromatic carbocycles. The van der Waals surface area contributed by atoms with Crippen LogP contribution in [-0.2, 0) is 41.4 Å². The van der Waals surface area contributed by atoms with Crippen molar-refractivity contribution < 1.29 is 33.3 Å². The number of methoxy groups -OCH3 is 1. The topological polar surface area (TPSA) is 88.1 Å². The molecule has 35 heavy (non-hydrogen) atoms. The number of esters is 3. The molecule has 1 aliphatic heterocycles. The molecule has 7 nitrogen and oxygen atoms in total. The first kappa shape index (κ1) is 25.3. The van der Waals surface area contributed by atoms with Crippen LogP contribution in [-0.4, -0.2) is 43.8 Å². The maximum atomic E-state index is 12.5. The number of rotatable bonds is 7. The number of ether oxygens (including phenoxy) is 4. The Balaban J connectivity index is 1.52. The molecule has 1 fully saturated rings. The Morgan fingerprint density at radius 3 is 2.60 bits per heavy atom. The minimum atomic E-state index is -0.486. The second kappa shape index (κ2) is 11.7. The van der Waals surface area contributed by atoms with Crippen molar-refractivity contribution in [3.05, 3.63) is 41.5 Å². The van der Waals surface area contributed by atoms with Crippen LogP contribution >= 0.6 is 0 Å². The first-order valence-corrected chi connectivity index (χ1v) is 12.9. The molecule has 3 aliphatic rings. The van der Waals surface area contributed by atoms with Gasteiger partial charge < -0.3 is 18.9 Å². The molecule has 0 spiro atoms. The predicted molar refractivity (Wildman–Crippen MR) is 129 cm³/mol. The summed E-state index contributed by atoms with van der Waals surface area (Å²) in [5.41, 5.74) is 2.36. The third kappa shape index (κ3) is 6.24. The maximum Gasteiger partial charge on any atom is 0.343 e. The van der Waals surface area contributed by atoms with Crippen molar-refractivity contribution in [2.24, 2.45) is 17.8 Å². The number of unbranched alkanes of at least 4 members (excludes halogenated alkanes) is 2. The smallest absolute Gasteiger partial charge is 0.343 e. The lowest BCUT2D eigenvalue weighted by molar-refractivity contribution is -0.145. The van der Waals surface area contributed by atoms with Crippen LogP contribution in [0.15, 0.2) is 30.4 Å². The summed E-state index contributed by atoms with van der Waals surface area (Å²) >= 11 is 0. The quantitative estimate of drug-likeness (QED) is 0.323. The van der Waals surface area contributed by atoms with Crippen molar-refractivity contribution in [2.75, 3.05) is 13.7 Å². The summed E-state index contributed by atoms with van der Waals surface area (Å²) in [5, 5.41) is 0. The Labute approximate surface area is 207 Å². The number of carbonyl (C=O) groups is 3. The summed E-state index contributed by atoms with van der Waals surface area (Å²) in [4.78, 5) is 36.3. The second-order valence-corrected chi connectivity index (χ2v) is 9.93. The zero-order chi connectivity index (χ0) is 24.8. The molecule has 0 bridgehead atoms. The van der Waals surface area contributed by atoms with E-state index in [1.165, 1.54) is 24.8 Å². The molecule has 7 heteroatoms. The number of hydrogen-bond donors (Lipinski definition) is 0. The van der Waals surface area contributed by atoms with Crippen molar-refractivity contribution in [1.29, 1.82) is 0 Å². The van der Waals surface area contributed by atoms with Gasteiger partial charge in [0.1, 0.15) is 18.0 Å². The van der Waals surface area contributed by atoms with Crippen molar-refractivity contribution in [1.82, 2.24) is 0 Å². The summed E-state index contributed by atoms with van der Waals surface area (Å²) in [6, 6.07) is 5.99. The molecule has 5 atom stereocenters. The SMILES string of the molecule is CCCCCC1CCC2C(CC3Cc4c(cccc4OCC(=O)OC)CC32)OC(=O)C=CC(=O)O1. The minimum Gasteiger partial charge on any atom is -0.482 e. The average molecular weight is 485 g/mol. The van der Waals surface area contributed by atoms with E-state index >= 15 is 0 Å². The first-order valence-electron chi connectivity index (χ1n) is 12.9. The molecular formula is C28H36O7. The van der Waals surface area contributed by atoms with Gasteiger partial charge in [0.25, 0.3) is 0 Å². The normalized spacial score (nSPS) is 28.0. The van der Waals surface area contributed by atoms with Crippen molar-refractivity contribution >= 4 is 17.9 Å². The zero-order valence-corrected chi connectivity index (χ0v) is 20.7. The summed E-state index contributed by atoms with van der Waals surface area (Å²) in [7, 11) is 1.35. The lowest BCUT2D eigenvalue weighted by atomic mass is 9.73. The molecule has 0 saturated heterocycles. The van der Waals surface area contributed by atoms with E-state index in [1.54, 1.807) is 0 Å². The van der Waals surface area contributed by atoms with Crippen LogP contribution in [0.2, 0.25) is 0 Å². The van der Waals surface area contributed by atoms with Crippen molar-refractivity contribution in [3.8, 4) is 5.75 Å². The van der Waals surface area contributed by atoms with E-state index in [9.17, 15) is 14.4 Å². The summed E-state index contributed by atoms with van der Waals surface area (Å²) in [6.07, 6.45) is 10.3. The van der Waals surface area contributed by atoms with Gasteiger partial charge in [-0.25, -0.2) is 14.4 Å². The standard InChI is InChI=1S/C28H36O7/c1-3-4-5-8-20-10-11-21-22-14-18-7-6-9-24(33-17-28(31)32-2)23(18)15-19(22)16-25(21)35-27(30)13-12-26(29)34-20/h6-7,9,12-13,19-22,25H,3-5,8,10-11,14-17H2,1-2H3. The summed E-state index contributed by atoms with van der Waals surface area (Å²) in [6.45, 7) is 2.04. The predicted octanol–water partition coefficient (Wildman–Crippen LogP) is 4.34. The van der Waals surface area contributed by atoms with E-state index in [1.807, 2.05) is 12.1 Å². The van der Waals surface area contributed by atoms with Gasteiger partial charge in [0.05, 0.1) is 7.11 Å². The van der Waals surface area contributed by atoms with Crippen LogP contribution in [0, 0.1) is 17.8 Å². The number of hydrogen-bond acceptors (Lipinski definition) is 7. The highest BCUT2D eigenvalue weighted by Gasteiger charge is 2.47. The van der Waals surface area contributed by atoms with Crippen LogP contribution in [0.5, 0.6) is 5.75 Å². The fourth-order valence-electron chi connectivity index (χ4n) is 6.03. The van der Waals surface area contributed by atoms with Crippen molar-refractivity contribution in [3.63, 3.8) is 0 Å². The number of cyclic esters (lactones) is 1. The van der Waals surface area contributed by atoms with Crippen molar-refractivity contribution in [2.45, 2.75) is 76.9 Å².